The van der Waals surface area contributed by atoms with Gasteiger partial charge in [-0.3, -0.25) is 4.79 Å². The average Bonchev–Trinajstić information content (AvgIpc) is 2.40. The number of ether oxygens (including phenoxy) is 3. The maximum absolute atomic E-state index is 12.3. The summed E-state index contributed by atoms with van der Waals surface area (Å²) < 4.78 is 16.4. The molecule has 0 bridgehead atoms. The first kappa shape index (κ1) is 20.9. The number of amides is 1. The summed E-state index contributed by atoms with van der Waals surface area (Å²) in [4.78, 5) is 24.0. The largest absolute Gasteiger partial charge is 0.463 e. The van der Waals surface area contributed by atoms with E-state index < -0.39 is 31.3 Å². The number of esters is 1. The Hall–Kier alpha value is -1.18. The molecule has 1 saturated heterocycles. The zero-order chi connectivity index (χ0) is 18.6. The second kappa shape index (κ2) is 7.80. The molecule has 0 radical (unpaired) electrons. The molecule has 1 aliphatic heterocycles. The summed E-state index contributed by atoms with van der Waals surface area (Å²) in [6.45, 7) is 14.8. The minimum Gasteiger partial charge on any atom is -0.463 e. The van der Waals surface area contributed by atoms with Crippen LogP contribution in [0, 0.1) is 5.41 Å². The second-order valence-corrected chi connectivity index (χ2v) is 14.1. The minimum atomic E-state index is -1.22. The molecule has 0 saturated carbocycles. The molecular formula is C17H31NO5Si. The number of rotatable bonds is 6. The molecule has 1 fully saturated rings. The third kappa shape index (κ3) is 7.15. The number of hydrogen-bond donors (Lipinski definition) is 1. The molecule has 138 valence electrons. The Morgan fingerprint density at radius 3 is 2.46 bits per heavy atom. The van der Waals surface area contributed by atoms with E-state index in [9.17, 15) is 9.59 Å². The maximum atomic E-state index is 12.3. The lowest BCUT2D eigenvalue weighted by Gasteiger charge is -2.44. The first-order valence-electron chi connectivity index (χ1n) is 8.28. The van der Waals surface area contributed by atoms with Crippen LogP contribution in [0.3, 0.4) is 0 Å². The summed E-state index contributed by atoms with van der Waals surface area (Å²) in [6, 6.07) is 0.915. The summed E-state index contributed by atoms with van der Waals surface area (Å²) in [5, 5.41) is 2.59. The van der Waals surface area contributed by atoms with E-state index in [1.54, 1.807) is 13.8 Å². The highest BCUT2D eigenvalue weighted by Crippen LogP contribution is 2.34. The summed E-state index contributed by atoms with van der Waals surface area (Å²) in [5.41, 5.74) is -0.453. The highest BCUT2D eigenvalue weighted by Gasteiger charge is 2.45. The topological polar surface area (TPSA) is 73.9 Å². The fourth-order valence-corrected chi connectivity index (χ4v) is 2.81. The van der Waals surface area contributed by atoms with Crippen molar-refractivity contribution >= 4 is 20.0 Å². The number of nitrogens with one attached hydrogen (secondary N) is 1. The highest BCUT2D eigenvalue weighted by atomic mass is 28.3. The molecule has 0 aromatic carbocycles. The van der Waals surface area contributed by atoms with Crippen molar-refractivity contribution in [1.29, 1.82) is 0 Å². The van der Waals surface area contributed by atoms with Crippen LogP contribution in [0.1, 0.15) is 27.7 Å². The van der Waals surface area contributed by atoms with Gasteiger partial charge in [-0.25, -0.2) is 4.79 Å². The van der Waals surface area contributed by atoms with E-state index in [0.717, 1.165) is 6.04 Å². The van der Waals surface area contributed by atoms with Crippen molar-refractivity contribution in [1.82, 2.24) is 5.32 Å². The Balaban J connectivity index is 2.48. The molecule has 1 unspecified atom stereocenters. The Bertz CT molecular complexity index is 494. The van der Waals surface area contributed by atoms with Crippen LogP contribution in [0.25, 0.3) is 0 Å². The van der Waals surface area contributed by atoms with Gasteiger partial charge in [0.1, 0.15) is 6.10 Å². The van der Waals surface area contributed by atoms with Crippen molar-refractivity contribution in [2.75, 3.05) is 13.2 Å². The van der Waals surface area contributed by atoms with Crippen LogP contribution in [0.2, 0.25) is 25.7 Å². The Morgan fingerprint density at radius 1 is 1.25 bits per heavy atom. The van der Waals surface area contributed by atoms with E-state index in [2.05, 4.69) is 25.0 Å². The monoisotopic (exact) mass is 357 g/mol. The van der Waals surface area contributed by atoms with Crippen LogP contribution in [-0.4, -0.2) is 45.1 Å². The number of carbonyl (C=O) groups excluding carboxylic acids is 2. The summed E-state index contributed by atoms with van der Waals surface area (Å²) in [5.74, 6) is -1.57. The Labute approximate surface area is 145 Å². The van der Waals surface area contributed by atoms with Gasteiger partial charge in [-0.15, -0.1) is 0 Å². The fraction of sp³-hybridized carbons (Fsp3) is 0.765. The molecule has 24 heavy (non-hydrogen) atoms. The summed E-state index contributed by atoms with van der Waals surface area (Å²) in [6.07, 6.45) is 1.87. The molecule has 0 aliphatic carbocycles. The normalized spacial score (nSPS) is 23.0. The first-order valence-corrected chi connectivity index (χ1v) is 12.0. The van der Waals surface area contributed by atoms with Gasteiger partial charge in [0.15, 0.2) is 5.79 Å². The molecule has 0 aromatic heterocycles. The van der Waals surface area contributed by atoms with Crippen LogP contribution >= 0.6 is 0 Å². The third-order valence-electron chi connectivity index (χ3n) is 3.68. The van der Waals surface area contributed by atoms with Gasteiger partial charge in [-0.2, -0.15) is 0 Å². The molecule has 1 atom stereocenters. The van der Waals surface area contributed by atoms with Crippen molar-refractivity contribution in [3.8, 4) is 0 Å². The van der Waals surface area contributed by atoms with Gasteiger partial charge < -0.3 is 19.5 Å². The minimum absolute atomic E-state index is 0.303. The molecule has 0 spiro atoms. The second-order valence-electron chi connectivity index (χ2n) is 8.50. The zero-order valence-corrected chi connectivity index (χ0v) is 16.9. The molecule has 0 aromatic rings. The lowest BCUT2D eigenvalue weighted by Crippen LogP contribution is -2.55. The van der Waals surface area contributed by atoms with E-state index in [-0.39, 0.29) is 5.91 Å². The smallest absolute Gasteiger partial charge is 0.332 e. The van der Waals surface area contributed by atoms with Crippen molar-refractivity contribution in [3.63, 3.8) is 0 Å². The van der Waals surface area contributed by atoms with Crippen molar-refractivity contribution in [2.24, 2.45) is 5.41 Å². The van der Waals surface area contributed by atoms with E-state index >= 15 is 0 Å². The van der Waals surface area contributed by atoms with Crippen LogP contribution < -0.4 is 5.32 Å². The maximum Gasteiger partial charge on any atom is 0.332 e. The fourth-order valence-electron chi connectivity index (χ4n) is 2.09. The SMILES string of the molecule is CC1(C)OCC(C)(C)C(C(=O)N/C=C/C(=O)OCC[Si](C)(C)C)O1. The molecule has 1 rings (SSSR count). The van der Waals surface area contributed by atoms with Gasteiger partial charge in [-0.05, 0) is 19.9 Å². The standard InChI is InChI=1S/C17H31NO5Si/c1-16(2)12-22-17(3,4)23-14(16)15(20)18-9-8-13(19)21-10-11-24(5,6)7/h8-9,14H,10-12H2,1-7H3,(H,18,20)/b9-8+. The van der Waals surface area contributed by atoms with E-state index in [1.807, 2.05) is 13.8 Å². The number of hydrogen-bond acceptors (Lipinski definition) is 5. The number of carbonyl (C=O) groups is 2. The van der Waals surface area contributed by atoms with Crippen molar-refractivity contribution in [3.05, 3.63) is 12.3 Å². The van der Waals surface area contributed by atoms with Gasteiger partial charge in [-0.1, -0.05) is 33.5 Å². The van der Waals surface area contributed by atoms with Crippen LogP contribution in [-0.2, 0) is 23.8 Å². The van der Waals surface area contributed by atoms with Crippen LogP contribution in [0.15, 0.2) is 12.3 Å². The lowest BCUT2D eigenvalue weighted by atomic mass is 9.85. The van der Waals surface area contributed by atoms with Crippen LogP contribution in [0.5, 0.6) is 0 Å². The van der Waals surface area contributed by atoms with Gasteiger partial charge in [0.05, 0.1) is 13.2 Å². The van der Waals surface area contributed by atoms with Crippen LogP contribution in [0.4, 0.5) is 0 Å². The van der Waals surface area contributed by atoms with E-state index in [1.165, 1.54) is 12.3 Å². The van der Waals surface area contributed by atoms with Crippen molar-refractivity contribution in [2.45, 2.75) is 65.3 Å². The predicted octanol–water partition coefficient (Wildman–Crippen LogP) is 2.68. The van der Waals surface area contributed by atoms with Gasteiger partial charge in [0.2, 0.25) is 0 Å². The van der Waals surface area contributed by atoms with Crippen molar-refractivity contribution < 1.29 is 23.8 Å². The average molecular weight is 358 g/mol. The molecule has 1 amide bonds. The lowest BCUT2D eigenvalue weighted by molar-refractivity contribution is -0.303. The first-order chi connectivity index (χ1) is 10.8. The van der Waals surface area contributed by atoms with Gasteiger partial charge in [0, 0.05) is 25.8 Å². The Morgan fingerprint density at radius 2 is 1.88 bits per heavy atom. The van der Waals surface area contributed by atoms with Gasteiger partial charge in [0.25, 0.3) is 5.91 Å². The molecule has 1 heterocycles. The third-order valence-corrected chi connectivity index (χ3v) is 5.39. The molecule has 1 aliphatic rings. The highest BCUT2D eigenvalue weighted by molar-refractivity contribution is 6.76. The molecule has 1 N–H and O–H groups in total. The zero-order valence-electron chi connectivity index (χ0n) is 15.9. The summed E-state index contributed by atoms with van der Waals surface area (Å²) in [7, 11) is -1.22. The molecular weight excluding hydrogens is 326 g/mol. The van der Waals surface area contributed by atoms with E-state index in [0.29, 0.717) is 13.2 Å². The van der Waals surface area contributed by atoms with Gasteiger partial charge >= 0.3 is 5.97 Å². The quantitative estimate of drug-likeness (QED) is 0.449. The van der Waals surface area contributed by atoms with E-state index in [4.69, 9.17) is 14.2 Å². The Kier molecular flexibility index (Phi) is 6.78. The molecule has 7 heteroatoms. The summed E-state index contributed by atoms with van der Waals surface area (Å²) >= 11 is 0. The molecule has 6 nitrogen and oxygen atoms in total. The predicted molar refractivity (Wildman–Crippen MR) is 95.1 cm³/mol.